The number of aromatic nitrogens is 2. The topological polar surface area (TPSA) is 84.0 Å². The number of carbonyl (C=O) groups excluding carboxylic acids is 2. The number of hydrogen-bond acceptors (Lipinski definition) is 6. The summed E-state index contributed by atoms with van der Waals surface area (Å²) in [6, 6.07) is 15.2. The van der Waals surface area contributed by atoms with E-state index in [9.17, 15) is 9.59 Å². The number of rotatable bonds is 7. The normalized spacial score (nSPS) is 10.5. The Labute approximate surface area is 192 Å². The van der Waals surface area contributed by atoms with Crippen molar-refractivity contribution in [3.63, 3.8) is 0 Å². The second kappa shape index (κ2) is 10.1. The van der Waals surface area contributed by atoms with Crippen molar-refractivity contribution in [2.45, 2.75) is 0 Å². The van der Waals surface area contributed by atoms with Crippen molar-refractivity contribution < 1.29 is 9.59 Å². The van der Waals surface area contributed by atoms with Crippen molar-refractivity contribution in [1.82, 2.24) is 9.97 Å². The van der Waals surface area contributed by atoms with Crippen molar-refractivity contribution >= 4 is 79.9 Å². The van der Waals surface area contributed by atoms with Crippen LogP contribution in [0.1, 0.15) is 20.7 Å². The molecule has 2 heterocycles. The van der Waals surface area contributed by atoms with Crippen molar-refractivity contribution in [2.24, 2.45) is 0 Å². The van der Waals surface area contributed by atoms with Gasteiger partial charge in [-0.2, -0.15) is 0 Å². The SMILES string of the molecule is O=C(Nc1nccs1)c1ccccc1[Se][Se]c1ccccc1C(=O)Nc1nccs1. The van der Waals surface area contributed by atoms with Gasteiger partial charge < -0.3 is 0 Å². The van der Waals surface area contributed by atoms with Gasteiger partial charge in [-0.05, 0) is 0 Å². The van der Waals surface area contributed by atoms with E-state index in [1.165, 1.54) is 22.7 Å². The van der Waals surface area contributed by atoms with Gasteiger partial charge >= 0.3 is 193 Å². The first-order chi connectivity index (χ1) is 14.7. The number of anilines is 2. The van der Waals surface area contributed by atoms with E-state index in [1.54, 1.807) is 12.4 Å². The van der Waals surface area contributed by atoms with Crippen molar-refractivity contribution in [1.29, 1.82) is 0 Å². The number of nitrogens with one attached hydrogen (secondary N) is 2. The molecule has 0 aliphatic rings. The summed E-state index contributed by atoms with van der Waals surface area (Å²) in [7, 11) is 0. The summed E-state index contributed by atoms with van der Waals surface area (Å²) in [6.07, 6.45) is 3.32. The molecule has 2 aromatic carbocycles. The zero-order chi connectivity index (χ0) is 20.8. The molecule has 6 nitrogen and oxygen atoms in total. The molecule has 0 aliphatic heterocycles. The van der Waals surface area contributed by atoms with Crippen LogP contribution in [0, 0.1) is 0 Å². The van der Waals surface area contributed by atoms with Crippen LogP contribution in [0.5, 0.6) is 0 Å². The third-order valence-electron chi connectivity index (χ3n) is 3.79. The van der Waals surface area contributed by atoms with Gasteiger partial charge in [0.25, 0.3) is 0 Å². The predicted octanol–water partition coefficient (Wildman–Crippen LogP) is 2.38. The maximum absolute atomic E-state index is 12.7. The first kappa shape index (κ1) is 20.9. The third kappa shape index (κ3) is 5.23. The molecular weight excluding hydrogens is 550 g/mol. The minimum absolute atomic E-state index is 0.0291. The van der Waals surface area contributed by atoms with E-state index < -0.39 is 0 Å². The Bertz CT molecular complexity index is 1060. The van der Waals surface area contributed by atoms with Gasteiger partial charge in [0.2, 0.25) is 0 Å². The number of carbonyl (C=O) groups is 2. The van der Waals surface area contributed by atoms with E-state index in [-0.39, 0.29) is 38.1 Å². The molecule has 0 atom stereocenters. The Morgan fingerprint density at radius 1 is 0.700 bits per heavy atom. The van der Waals surface area contributed by atoms with Gasteiger partial charge in [0.05, 0.1) is 0 Å². The molecule has 0 saturated carbocycles. The third-order valence-corrected chi connectivity index (χ3v) is 12.4. The molecule has 4 rings (SSSR count). The molecule has 0 radical (unpaired) electrons. The molecule has 0 spiro atoms. The Morgan fingerprint density at radius 2 is 1.13 bits per heavy atom. The van der Waals surface area contributed by atoms with Crippen molar-refractivity contribution in [3.05, 3.63) is 82.8 Å². The number of nitrogens with zero attached hydrogens (tertiary/aromatic N) is 2. The second-order valence-electron chi connectivity index (χ2n) is 5.74. The average molecular weight is 564 g/mol. The quantitative estimate of drug-likeness (QED) is 0.338. The van der Waals surface area contributed by atoms with E-state index >= 15 is 0 Å². The molecule has 4 aromatic rings. The zero-order valence-corrected chi connectivity index (χ0v) is 20.3. The molecule has 150 valence electrons. The first-order valence-corrected chi connectivity index (χ1v) is 16.5. The number of benzene rings is 2. The summed E-state index contributed by atoms with van der Waals surface area (Å²) in [5.41, 5.74) is 1.30. The molecule has 0 fully saturated rings. The molecule has 30 heavy (non-hydrogen) atoms. The minimum atomic E-state index is -0.159. The van der Waals surface area contributed by atoms with E-state index in [0.717, 1.165) is 8.92 Å². The van der Waals surface area contributed by atoms with E-state index in [2.05, 4.69) is 20.6 Å². The predicted molar refractivity (Wildman–Crippen MR) is 124 cm³/mol. The molecule has 0 aliphatic carbocycles. The summed E-state index contributed by atoms with van der Waals surface area (Å²) >= 11 is 2.83. The van der Waals surface area contributed by atoms with Crippen LogP contribution in [0.4, 0.5) is 10.3 Å². The van der Waals surface area contributed by atoms with Crippen LogP contribution in [0.25, 0.3) is 0 Å². The Balaban J connectivity index is 1.49. The van der Waals surface area contributed by atoms with Gasteiger partial charge in [-0.25, -0.2) is 0 Å². The fourth-order valence-electron chi connectivity index (χ4n) is 2.44. The van der Waals surface area contributed by atoms with Gasteiger partial charge in [0, 0.05) is 0 Å². The summed E-state index contributed by atoms with van der Waals surface area (Å²) in [6.45, 7) is 0. The van der Waals surface area contributed by atoms with Crippen LogP contribution in [-0.2, 0) is 0 Å². The van der Waals surface area contributed by atoms with E-state index in [4.69, 9.17) is 0 Å². The summed E-state index contributed by atoms with van der Waals surface area (Å²) in [5, 5.41) is 10.5. The monoisotopic (exact) mass is 566 g/mol. The molecule has 0 unspecified atom stereocenters. The van der Waals surface area contributed by atoms with Crippen LogP contribution in [0.2, 0.25) is 0 Å². The van der Waals surface area contributed by atoms with E-state index in [1.807, 2.05) is 59.3 Å². The Kier molecular flexibility index (Phi) is 7.07. The molecule has 2 N–H and O–H groups in total. The van der Waals surface area contributed by atoms with Crippen molar-refractivity contribution in [3.8, 4) is 0 Å². The van der Waals surface area contributed by atoms with Crippen molar-refractivity contribution in [2.75, 3.05) is 10.6 Å². The number of amides is 2. The molecule has 10 heteroatoms. The summed E-state index contributed by atoms with van der Waals surface area (Å²) in [4.78, 5) is 33.6. The van der Waals surface area contributed by atoms with Gasteiger partial charge in [0.15, 0.2) is 0 Å². The first-order valence-electron chi connectivity index (χ1n) is 8.65. The van der Waals surface area contributed by atoms with E-state index in [0.29, 0.717) is 21.4 Å². The van der Waals surface area contributed by atoms with Crippen LogP contribution >= 0.6 is 22.7 Å². The van der Waals surface area contributed by atoms with Gasteiger partial charge in [-0.15, -0.1) is 0 Å². The Morgan fingerprint density at radius 3 is 1.53 bits per heavy atom. The second-order valence-corrected chi connectivity index (χ2v) is 13.7. The fraction of sp³-hybridized carbons (Fsp3) is 0. The zero-order valence-electron chi connectivity index (χ0n) is 15.3. The van der Waals surface area contributed by atoms with Crippen LogP contribution in [0.3, 0.4) is 0 Å². The maximum atomic E-state index is 12.7. The molecule has 2 amide bonds. The fourth-order valence-corrected chi connectivity index (χ4v) is 10.6. The molecular formula is C20H14N4O2S2Se2. The molecule has 0 saturated heterocycles. The number of thiazole rings is 2. The van der Waals surface area contributed by atoms with Gasteiger partial charge in [-0.3, -0.25) is 0 Å². The summed E-state index contributed by atoms with van der Waals surface area (Å²) < 4.78 is 2.02. The van der Waals surface area contributed by atoms with Gasteiger partial charge in [0.1, 0.15) is 0 Å². The number of hydrogen-bond donors (Lipinski definition) is 2. The van der Waals surface area contributed by atoms with Crippen LogP contribution in [0.15, 0.2) is 71.7 Å². The van der Waals surface area contributed by atoms with Crippen LogP contribution < -0.4 is 19.6 Å². The van der Waals surface area contributed by atoms with Gasteiger partial charge in [-0.1, -0.05) is 0 Å². The van der Waals surface area contributed by atoms with Crippen LogP contribution in [-0.4, -0.2) is 48.0 Å². The molecule has 2 aromatic heterocycles. The summed E-state index contributed by atoms with van der Waals surface area (Å²) in [5.74, 6) is -0.318. The standard InChI is InChI=1S/C20H14N4O2S2Se2/c25-17(23-19-21-9-11-27-19)13-5-1-3-7-15(13)29-30-16-8-4-2-6-14(16)18(26)24-20-22-10-12-28-20/h1-12H,(H,21,23,25)(H,22,24,26). The molecule has 0 bridgehead atoms. The average Bonchev–Trinajstić information content (AvgIpc) is 3.47. The Hall–Kier alpha value is -2.32.